The van der Waals surface area contributed by atoms with Crippen molar-refractivity contribution in [2.24, 2.45) is 5.92 Å². The number of carbonyl (C=O) groups is 1. The van der Waals surface area contributed by atoms with Gasteiger partial charge in [-0.1, -0.05) is 18.2 Å². The predicted molar refractivity (Wildman–Crippen MR) is 98.0 cm³/mol. The Kier molecular flexibility index (Phi) is 4.81. The topological polar surface area (TPSA) is 66.5 Å². The van der Waals surface area contributed by atoms with Gasteiger partial charge in [0.1, 0.15) is 0 Å². The average Bonchev–Trinajstić information content (AvgIpc) is 3.45. The molecule has 1 saturated carbocycles. The van der Waals surface area contributed by atoms with Gasteiger partial charge in [0.05, 0.1) is 4.90 Å². The van der Waals surface area contributed by atoms with Gasteiger partial charge in [-0.3, -0.25) is 9.52 Å². The van der Waals surface area contributed by atoms with E-state index in [2.05, 4.69) is 11.6 Å². The van der Waals surface area contributed by atoms with Crippen LogP contribution < -0.4 is 4.72 Å². The summed E-state index contributed by atoms with van der Waals surface area (Å²) in [6, 6.07) is 15.0. The van der Waals surface area contributed by atoms with Gasteiger partial charge in [-0.05, 0) is 62.1 Å². The fourth-order valence-corrected chi connectivity index (χ4v) is 3.84. The number of rotatable bonds is 6. The summed E-state index contributed by atoms with van der Waals surface area (Å²) < 4.78 is 27.4. The van der Waals surface area contributed by atoms with Gasteiger partial charge < -0.3 is 4.90 Å². The Bertz CT molecular complexity index is 844. The van der Waals surface area contributed by atoms with Crippen molar-refractivity contribution < 1.29 is 13.2 Å². The molecular weight excluding hydrogens is 336 g/mol. The Morgan fingerprint density at radius 2 is 1.68 bits per heavy atom. The molecule has 0 radical (unpaired) electrons. The van der Waals surface area contributed by atoms with Gasteiger partial charge in [-0.15, -0.1) is 0 Å². The van der Waals surface area contributed by atoms with Crippen molar-refractivity contribution in [3.63, 3.8) is 0 Å². The molecule has 3 rings (SSSR count). The molecule has 1 aliphatic rings. The van der Waals surface area contributed by atoms with Crippen LogP contribution in [-0.2, 0) is 10.0 Å². The van der Waals surface area contributed by atoms with Gasteiger partial charge in [-0.2, -0.15) is 0 Å². The predicted octanol–water partition coefficient (Wildman–Crippen LogP) is 3.36. The van der Waals surface area contributed by atoms with Crippen molar-refractivity contribution in [2.45, 2.75) is 30.7 Å². The summed E-state index contributed by atoms with van der Waals surface area (Å²) in [5, 5.41) is 0. The number of benzene rings is 2. The molecule has 0 bridgehead atoms. The van der Waals surface area contributed by atoms with Crippen molar-refractivity contribution in [1.82, 2.24) is 4.90 Å². The molecule has 2 aromatic rings. The fourth-order valence-electron chi connectivity index (χ4n) is 2.78. The first-order chi connectivity index (χ1) is 11.9. The second kappa shape index (κ2) is 6.88. The van der Waals surface area contributed by atoms with E-state index >= 15 is 0 Å². The lowest BCUT2D eigenvalue weighted by Gasteiger charge is -2.25. The molecule has 6 heteroatoms. The third-order valence-corrected chi connectivity index (χ3v) is 6.07. The third-order valence-electron chi connectivity index (χ3n) is 4.67. The van der Waals surface area contributed by atoms with Crippen LogP contribution in [0.2, 0.25) is 0 Å². The summed E-state index contributed by atoms with van der Waals surface area (Å²) in [7, 11) is -1.87. The van der Waals surface area contributed by atoms with E-state index in [0.29, 0.717) is 17.2 Å². The lowest BCUT2D eigenvalue weighted by Crippen LogP contribution is -2.36. The van der Waals surface area contributed by atoms with Gasteiger partial charge in [0.25, 0.3) is 15.9 Å². The van der Waals surface area contributed by atoms with Crippen molar-refractivity contribution in [3.05, 3.63) is 60.2 Å². The van der Waals surface area contributed by atoms with Gasteiger partial charge in [0, 0.05) is 24.3 Å². The lowest BCUT2D eigenvalue weighted by atomic mass is 10.1. The number of nitrogens with one attached hydrogen (secondary N) is 1. The number of hydrogen-bond donors (Lipinski definition) is 1. The summed E-state index contributed by atoms with van der Waals surface area (Å²) in [5.41, 5.74) is 0.995. The molecular formula is C19H22N2O3S. The highest BCUT2D eigenvalue weighted by Crippen LogP contribution is 2.35. The minimum atomic E-state index is -3.67. The maximum Gasteiger partial charge on any atom is 0.261 e. The molecule has 1 atom stereocenters. The first-order valence-electron chi connectivity index (χ1n) is 8.33. The van der Waals surface area contributed by atoms with Crippen molar-refractivity contribution in [1.29, 1.82) is 0 Å². The molecule has 0 aliphatic heterocycles. The summed E-state index contributed by atoms with van der Waals surface area (Å²) >= 11 is 0. The third kappa shape index (κ3) is 4.02. The number of sulfonamides is 1. The Morgan fingerprint density at radius 1 is 1.08 bits per heavy atom. The number of nitrogens with zero attached hydrogens (tertiary/aromatic N) is 1. The van der Waals surface area contributed by atoms with Gasteiger partial charge >= 0.3 is 0 Å². The summed E-state index contributed by atoms with van der Waals surface area (Å²) in [6.45, 7) is 2.05. The molecule has 25 heavy (non-hydrogen) atoms. The van der Waals surface area contributed by atoms with E-state index in [1.54, 1.807) is 48.3 Å². The largest absolute Gasteiger partial charge is 0.339 e. The molecule has 0 heterocycles. The number of anilines is 1. The molecule has 1 aliphatic carbocycles. The SMILES string of the molecule is C[C@H](C1CC1)N(C)C(=O)c1ccc(S(=O)(=O)Nc2ccccc2)cc1. The number of amides is 1. The van der Waals surface area contributed by atoms with Gasteiger partial charge in [0.15, 0.2) is 0 Å². The van der Waals surface area contributed by atoms with Crippen LogP contribution in [0.5, 0.6) is 0 Å². The molecule has 1 N–H and O–H groups in total. The second-order valence-corrected chi connectivity index (χ2v) is 8.17. The molecule has 0 spiro atoms. The van der Waals surface area contributed by atoms with Crippen molar-refractivity contribution in [2.75, 3.05) is 11.8 Å². The molecule has 0 saturated heterocycles. The normalized spacial score (nSPS) is 15.4. The highest BCUT2D eigenvalue weighted by Gasteiger charge is 2.32. The Morgan fingerprint density at radius 3 is 2.24 bits per heavy atom. The summed E-state index contributed by atoms with van der Waals surface area (Å²) in [6.07, 6.45) is 2.34. The monoisotopic (exact) mass is 358 g/mol. The minimum absolute atomic E-state index is 0.0839. The van der Waals surface area contributed by atoms with Crippen LogP contribution >= 0.6 is 0 Å². The number of para-hydroxylation sites is 1. The van der Waals surface area contributed by atoms with Crippen LogP contribution in [0.4, 0.5) is 5.69 Å². The molecule has 0 aromatic heterocycles. The fraction of sp³-hybridized carbons (Fsp3) is 0.316. The van der Waals surface area contributed by atoms with Crippen LogP contribution in [0.15, 0.2) is 59.5 Å². The Labute approximate surface area is 148 Å². The standard InChI is InChI=1S/C19H22N2O3S/c1-14(15-8-9-15)21(2)19(22)16-10-12-18(13-11-16)25(23,24)20-17-6-4-3-5-7-17/h3-7,10-15,20H,8-9H2,1-2H3/t14-/m1/s1. The van der Waals surface area contributed by atoms with Crippen molar-refractivity contribution >= 4 is 21.6 Å². The van der Waals surface area contributed by atoms with Crippen LogP contribution in [0.3, 0.4) is 0 Å². The van der Waals surface area contributed by atoms with Gasteiger partial charge in [-0.25, -0.2) is 8.42 Å². The Hall–Kier alpha value is -2.34. The zero-order valence-corrected chi connectivity index (χ0v) is 15.2. The molecule has 5 nitrogen and oxygen atoms in total. The van der Waals surface area contributed by atoms with Crippen LogP contribution in [-0.4, -0.2) is 32.3 Å². The molecule has 132 valence electrons. The maximum atomic E-state index is 12.5. The van der Waals surface area contributed by atoms with Gasteiger partial charge in [0.2, 0.25) is 0 Å². The first-order valence-corrected chi connectivity index (χ1v) is 9.82. The van der Waals surface area contributed by atoms with E-state index in [-0.39, 0.29) is 16.8 Å². The Balaban J connectivity index is 1.74. The van der Waals surface area contributed by atoms with E-state index in [1.165, 1.54) is 25.0 Å². The zero-order valence-electron chi connectivity index (χ0n) is 14.3. The van der Waals surface area contributed by atoms with E-state index in [0.717, 1.165) is 0 Å². The minimum Gasteiger partial charge on any atom is -0.339 e. The summed E-state index contributed by atoms with van der Waals surface area (Å²) in [4.78, 5) is 14.4. The van der Waals surface area contributed by atoms with Crippen molar-refractivity contribution in [3.8, 4) is 0 Å². The zero-order chi connectivity index (χ0) is 18.0. The quantitative estimate of drug-likeness (QED) is 0.861. The first kappa shape index (κ1) is 17.5. The average molecular weight is 358 g/mol. The maximum absolute atomic E-state index is 12.5. The number of carbonyl (C=O) groups excluding carboxylic acids is 1. The summed E-state index contributed by atoms with van der Waals surface area (Å²) in [5.74, 6) is 0.503. The lowest BCUT2D eigenvalue weighted by molar-refractivity contribution is 0.0727. The second-order valence-electron chi connectivity index (χ2n) is 6.49. The van der Waals surface area contributed by atoms with Crippen LogP contribution in [0.25, 0.3) is 0 Å². The van der Waals surface area contributed by atoms with E-state index in [4.69, 9.17) is 0 Å². The molecule has 1 amide bonds. The smallest absolute Gasteiger partial charge is 0.261 e. The highest BCUT2D eigenvalue weighted by atomic mass is 32.2. The number of hydrogen-bond acceptors (Lipinski definition) is 3. The molecule has 2 aromatic carbocycles. The highest BCUT2D eigenvalue weighted by molar-refractivity contribution is 7.92. The molecule has 0 unspecified atom stereocenters. The molecule has 1 fully saturated rings. The van der Waals surface area contributed by atoms with E-state index in [1.807, 2.05) is 6.07 Å². The van der Waals surface area contributed by atoms with E-state index < -0.39 is 10.0 Å². The van der Waals surface area contributed by atoms with Crippen LogP contribution in [0, 0.1) is 5.92 Å². The van der Waals surface area contributed by atoms with E-state index in [9.17, 15) is 13.2 Å². The van der Waals surface area contributed by atoms with Crippen LogP contribution in [0.1, 0.15) is 30.1 Å².